The van der Waals surface area contributed by atoms with Crippen molar-refractivity contribution in [1.29, 1.82) is 5.26 Å². The van der Waals surface area contributed by atoms with Crippen LogP contribution in [0.5, 0.6) is 5.75 Å². The lowest BCUT2D eigenvalue weighted by Crippen LogP contribution is -1.98. The minimum absolute atomic E-state index is 0.0869. The third kappa shape index (κ3) is 5.19. The Balaban J connectivity index is 1.88. The lowest BCUT2D eigenvalue weighted by Gasteiger charge is -2.12. The standard InChI is InChI=1S/C22H13BrCl2N2O3/c23-19-9-14(8-17(12-26)15-5-3-6-18(11-15)27(28)29)10-21(25)22(19)30-13-16-4-1-2-7-20(16)24/h1-11H,13H2/b17-8-. The molecule has 0 aromatic heterocycles. The van der Waals surface area contributed by atoms with E-state index in [1.807, 2.05) is 18.2 Å². The quantitative estimate of drug-likeness (QED) is 0.153. The van der Waals surface area contributed by atoms with Crippen molar-refractivity contribution >= 4 is 56.5 Å². The van der Waals surface area contributed by atoms with E-state index in [0.29, 0.717) is 31.4 Å². The van der Waals surface area contributed by atoms with E-state index in [1.165, 1.54) is 18.2 Å². The molecular weight excluding hydrogens is 491 g/mol. The first-order valence-corrected chi connectivity index (χ1v) is 10.2. The van der Waals surface area contributed by atoms with E-state index in [0.717, 1.165) is 5.56 Å². The van der Waals surface area contributed by atoms with Crippen LogP contribution in [-0.4, -0.2) is 4.92 Å². The molecular formula is C22H13BrCl2N2O3. The summed E-state index contributed by atoms with van der Waals surface area (Å²) in [5.74, 6) is 0.447. The Morgan fingerprint density at radius 3 is 2.57 bits per heavy atom. The van der Waals surface area contributed by atoms with E-state index in [2.05, 4.69) is 22.0 Å². The number of ether oxygens (including phenoxy) is 1. The van der Waals surface area contributed by atoms with Crippen LogP contribution in [0.25, 0.3) is 11.6 Å². The Labute approximate surface area is 191 Å². The number of halogens is 3. The molecule has 0 amide bonds. The summed E-state index contributed by atoms with van der Waals surface area (Å²) in [4.78, 5) is 10.5. The Hall–Kier alpha value is -2.85. The second-order valence-electron chi connectivity index (χ2n) is 6.17. The summed E-state index contributed by atoms with van der Waals surface area (Å²) in [7, 11) is 0. The maximum atomic E-state index is 11.0. The average molecular weight is 504 g/mol. The van der Waals surface area contributed by atoms with Gasteiger partial charge in [0, 0.05) is 22.7 Å². The van der Waals surface area contributed by atoms with Crippen molar-refractivity contribution in [3.05, 3.63) is 102 Å². The number of hydrogen-bond acceptors (Lipinski definition) is 4. The van der Waals surface area contributed by atoms with Gasteiger partial charge in [-0.1, -0.05) is 53.5 Å². The molecule has 5 nitrogen and oxygen atoms in total. The lowest BCUT2D eigenvalue weighted by molar-refractivity contribution is -0.384. The van der Waals surface area contributed by atoms with E-state index in [1.54, 1.807) is 30.3 Å². The van der Waals surface area contributed by atoms with Gasteiger partial charge in [0.05, 0.1) is 26.1 Å². The van der Waals surface area contributed by atoms with Gasteiger partial charge in [-0.2, -0.15) is 5.26 Å². The van der Waals surface area contributed by atoms with Crippen molar-refractivity contribution in [1.82, 2.24) is 0 Å². The number of nitro benzene ring substituents is 1. The minimum Gasteiger partial charge on any atom is -0.486 e. The zero-order chi connectivity index (χ0) is 21.7. The van der Waals surface area contributed by atoms with E-state index < -0.39 is 4.92 Å². The number of hydrogen-bond donors (Lipinski definition) is 0. The molecule has 3 aromatic rings. The molecule has 0 fully saturated rings. The van der Waals surface area contributed by atoms with Gasteiger partial charge in [0.15, 0.2) is 5.75 Å². The SMILES string of the molecule is N#C/C(=C/c1cc(Cl)c(OCc2ccccc2Cl)c(Br)c1)c1cccc([N+](=O)[O-])c1. The minimum atomic E-state index is -0.503. The molecule has 0 aliphatic rings. The first-order valence-electron chi connectivity index (χ1n) is 8.61. The third-order valence-corrected chi connectivity index (χ3v) is 5.39. The van der Waals surface area contributed by atoms with Gasteiger partial charge in [0.1, 0.15) is 6.61 Å². The Bertz CT molecular complexity index is 1170. The zero-order valence-corrected chi connectivity index (χ0v) is 18.4. The van der Waals surface area contributed by atoms with Crippen molar-refractivity contribution in [2.45, 2.75) is 6.61 Å². The molecule has 0 N–H and O–H groups in total. The number of non-ortho nitro benzene ring substituents is 1. The van der Waals surface area contributed by atoms with Crippen LogP contribution in [-0.2, 0) is 6.61 Å². The van der Waals surface area contributed by atoms with E-state index in [4.69, 9.17) is 27.9 Å². The van der Waals surface area contributed by atoms with Crippen molar-refractivity contribution in [2.75, 3.05) is 0 Å². The van der Waals surface area contributed by atoms with Crippen LogP contribution in [0.2, 0.25) is 10.0 Å². The van der Waals surface area contributed by atoms with Crippen LogP contribution in [0.3, 0.4) is 0 Å². The summed E-state index contributed by atoms with van der Waals surface area (Å²) in [6, 6.07) is 18.7. The maximum Gasteiger partial charge on any atom is 0.270 e. The van der Waals surface area contributed by atoms with Gasteiger partial charge < -0.3 is 4.74 Å². The molecule has 3 aromatic carbocycles. The number of allylic oxidation sites excluding steroid dienone is 1. The molecule has 150 valence electrons. The smallest absolute Gasteiger partial charge is 0.270 e. The predicted octanol–water partition coefficient (Wildman–Crippen LogP) is 7.31. The third-order valence-electron chi connectivity index (χ3n) is 4.15. The molecule has 0 heterocycles. The Morgan fingerprint density at radius 2 is 1.90 bits per heavy atom. The van der Waals surface area contributed by atoms with Crippen molar-refractivity contribution in [3.63, 3.8) is 0 Å². The molecule has 0 bridgehead atoms. The Morgan fingerprint density at radius 1 is 1.13 bits per heavy atom. The number of nitro groups is 1. The normalized spacial score (nSPS) is 11.1. The van der Waals surface area contributed by atoms with E-state index >= 15 is 0 Å². The fourth-order valence-electron chi connectivity index (χ4n) is 2.70. The monoisotopic (exact) mass is 502 g/mol. The maximum absolute atomic E-state index is 11.0. The second-order valence-corrected chi connectivity index (χ2v) is 7.84. The topological polar surface area (TPSA) is 76.2 Å². The van der Waals surface area contributed by atoms with Crippen molar-refractivity contribution < 1.29 is 9.66 Å². The Kier molecular flexibility index (Phi) is 7.11. The summed E-state index contributed by atoms with van der Waals surface area (Å²) < 4.78 is 6.43. The van der Waals surface area contributed by atoms with Crippen molar-refractivity contribution in [2.24, 2.45) is 0 Å². The van der Waals surface area contributed by atoms with Gasteiger partial charge in [0.25, 0.3) is 5.69 Å². The molecule has 0 spiro atoms. The first-order chi connectivity index (χ1) is 14.4. The van der Waals surface area contributed by atoms with Crippen LogP contribution >= 0.6 is 39.1 Å². The summed E-state index contributed by atoms with van der Waals surface area (Å²) in [6.45, 7) is 0.240. The van der Waals surface area contributed by atoms with E-state index in [9.17, 15) is 15.4 Å². The van der Waals surface area contributed by atoms with Gasteiger partial charge in [-0.15, -0.1) is 0 Å². The molecule has 0 saturated heterocycles. The molecule has 0 aliphatic heterocycles. The lowest BCUT2D eigenvalue weighted by atomic mass is 10.0. The highest BCUT2D eigenvalue weighted by atomic mass is 79.9. The number of rotatable bonds is 6. The molecule has 8 heteroatoms. The van der Waals surface area contributed by atoms with Crippen LogP contribution in [0, 0.1) is 21.4 Å². The molecule has 0 unspecified atom stereocenters. The second kappa shape index (κ2) is 9.77. The summed E-state index contributed by atoms with van der Waals surface area (Å²) >= 11 is 16.0. The van der Waals surface area contributed by atoms with Gasteiger partial charge >= 0.3 is 0 Å². The summed E-state index contributed by atoms with van der Waals surface area (Å²) in [5.41, 5.74) is 2.09. The number of nitrogens with zero attached hydrogens (tertiary/aromatic N) is 2. The highest BCUT2D eigenvalue weighted by molar-refractivity contribution is 9.10. The van der Waals surface area contributed by atoms with Gasteiger partial charge in [0.2, 0.25) is 0 Å². The highest BCUT2D eigenvalue weighted by Gasteiger charge is 2.12. The number of nitriles is 1. The largest absolute Gasteiger partial charge is 0.486 e. The predicted molar refractivity (Wildman–Crippen MR) is 122 cm³/mol. The average Bonchev–Trinajstić information content (AvgIpc) is 2.72. The van der Waals surface area contributed by atoms with Crippen LogP contribution in [0.1, 0.15) is 16.7 Å². The summed E-state index contributed by atoms with van der Waals surface area (Å²) in [5, 5.41) is 21.5. The van der Waals surface area contributed by atoms with E-state index in [-0.39, 0.29) is 17.9 Å². The van der Waals surface area contributed by atoms with Gasteiger partial charge in [-0.05, 0) is 51.3 Å². The van der Waals surface area contributed by atoms with Gasteiger partial charge in [-0.3, -0.25) is 10.1 Å². The molecule has 3 rings (SSSR count). The van der Waals surface area contributed by atoms with Crippen LogP contribution in [0.4, 0.5) is 5.69 Å². The molecule has 0 radical (unpaired) electrons. The van der Waals surface area contributed by atoms with Gasteiger partial charge in [-0.25, -0.2) is 0 Å². The first kappa shape index (κ1) is 21.8. The molecule has 30 heavy (non-hydrogen) atoms. The fraction of sp³-hybridized carbons (Fsp3) is 0.0455. The molecule has 0 aliphatic carbocycles. The highest BCUT2D eigenvalue weighted by Crippen LogP contribution is 2.36. The number of benzene rings is 3. The fourth-order valence-corrected chi connectivity index (χ4v) is 3.88. The van der Waals surface area contributed by atoms with Crippen LogP contribution < -0.4 is 4.74 Å². The summed E-state index contributed by atoms with van der Waals surface area (Å²) in [6.07, 6.45) is 1.60. The molecule has 0 saturated carbocycles. The zero-order valence-electron chi connectivity index (χ0n) is 15.3. The van der Waals surface area contributed by atoms with Crippen molar-refractivity contribution in [3.8, 4) is 11.8 Å². The van der Waals surface area contributed by atoms with Crippen LogP contribution in [0.15, 0.2) is 65.1 Å². The molecule has 0 atom stereocenters.